The van der Waals surface area contributed by atoms with Gasteiger partial charge in [-0.25, -0.2) is 0 Å². The van der Waals surface area contributed by atoms with E-state index in [2.05, 4.69) is 5.32 Å². The molecule has 1 aromatic carbocycles. The van der Waals surface area contributed by atoms with Crippen LogP contribution in [0.1, 0.15) is 0 Å². The molecule has 0 saturated heterocycles. The van der Waals surface area contributed by atoms with E-state index >= 15 is 0 Å². The Morgan fingerprint density at radius 3 is 2.71 bits per heavy atom. The van der Waals surface area contributed by atoms with Crippen molar-refractivity contribution in [2.45, 2.75) is 0 Å². The van der Waals surface area contributed by atoms with Crippen molar-refractivity contribution in [1.82, 2.24) is 5.32 Å². The minimum atomic E-state index is -0.336. The molecule has 0 spiro atoms. The number of benzene rings is 1. The molecule has 1 N–H and O–H groups in total. The van der Waals surface area contributed by atoms with E-state index in [-0.39, 0.29) is 19.1 Å². The molecule has 0 aliphatic heterocycles. The summed E-state index contributed by atoms with van der Waals surface area (Å²) in [6, 6.07) is 8.98. The fraction of sp³-hybridized carbons (Fsp3) is 0.200. The van der Waals surface area contributed by atoms with Crippen molar-refractivity contribution in [3.63, 3.8) is 0 Å². The number of nitrogens with one attached hydrogen (secondary N) is 1. The molecule has 0 heterocycles. The summed E-state index contributed by atoms with van der Waals surface area (Å²) in [5, 5.41) is 2.32. The topological polar surface area (TPSA) is 55.4 Å². The van der Waals surface area contributed by atoms with Gasteiger partial charge >= 0.3 is 0 Å². The number of hydrogen-bond donors (Lipinski definition) is 1. The van der Waals surface area contributed by atoms with Gasteiger partial charge in [0.15, 0.2) is 6.61 Å². The minimum Gasteiger partial charge on any atom is -0.484 e. The van der Waals surface area contributed by atoms with Gasteiger partial charge in [-0.05, 0) is 12.1 Å². The van der Waals surface area contributed by atoms with Crippen LogP contribution in [0, 0.1) is 0 Å². The van der Waals surface area contributed by atoms with Gasteiger partial charge in [-0.1, -0.05) is 18.2 Å². The van der Waals surface area contributed by atoms with Gasteiger partial charge in [-0.3, -0.25) is 9.59 Å². The lowest BCUT2D eigenvalue weighted by Crippen LogP contribution is -2.30. The second-order valence-electron chi connectivity index (χ2n) is 2.52. The molecule has 0 unspecified atom stereocenters. The van der Waals surface area contributed by atoms with Gasteiger partial charge < -0.3 is 10.1 Å². The first-order valence-electron chi connectivity index (χ1n) is 4.12. The van der Waals surface area contributed by atoms with Crippen LogP contribution in [0.3, 0.4) is 0 Å². The van der Waals surface area contributed by atoms with E-state index < -0.39 is 0 Å². The third-order valence-corrected chi connectivity index (χ3v) is 1.47. The normalized spacial score (nSPS) is 9.14. The fourth-order valence-electron chi connectivity index (χ4n) is 0.851. The molecule has 0 aromatic heterocycles. The molecule has 73 valence electrons. The highest BCUT2D eigenvalue weighted by Crippen LogP contribution is 2.07. The predicted octanol–water partition coefficient (Wildman–Crippen LogP) is 0.291. The average molecular weight is 192 g/mol. The van der Waals surface area contributed by atoms with E-state index in [4.69, 9.17) is 4.74 Å². The number of hydrogen-bond acceptors (Lipinski definition) is 3. The zero-order valence-corrected chi connectivity index (χ0v) is 7.53. The Hall–Kier alpha value is -1.84. The van der Waals surface area contributed by atoms with Gasteiger partial charge in [0.05, 0.1) is 6.54 Å². The number of carbonyl (C=O) groups is 1. The summed E-state index contributed by atoms with van der Waals surface area (Å²) in [5.41, 5.74) is 0. The fourth-order valence-corrected chi connectivity index (χ4v) is 0.851. The van der Waals surface area contributed by atoms with Crippen LogP contribution in [-0.4, -0.2) is 25.3 Å². The number of carbonyl (C=O) groups excluding carboxylic acids is 2. The first kappa shape index (κ1) is 10.2. The molecule has 14 heavy (non-hydrogen) atoms. The number of ether oxygens (including phenoxy) is 1. The average Bonchev–Trinajstić information content (AvgIpc) is 2.25. The highest BCUT2D eigenvalue weighted by atomic mass is 16.5. The molecule has 1 rings (SSSR count). The monoisotopic (exact) mass is 192 g/mol. The standard InChI is InChI=1S/C10H10NO3/c12-7-6-11-10(13)8-14-9-4-2-1-3-5-9/h1-5H,6,8H2,(H,11,13). The van der Waals surface area contributed by atoms with Crippen molar-refractivity contribution in [1.29, 1.82) is 0 Å². The van der Waals surface area contributed by atoms with Crippen molar-refractivity contribution in [2.75, 3.05) is 13.2 Å². The minimum absolute atomic E-state index is 0.0916. The Morgan fingerprint density at radius 2 is 2.07 bits per heavy atom. The van der Waals surface area contributed by atoms with E-state index in [9.17, 15) is 9.59 Å². The van der Waals surface area contributed by atoms with Crippen LogP contribution in [0.4, 0.5) is 0 Å². The van der Waals surface area contributed by atoms with Crippen molar-refractivity contribution >= 4 is 12.2 Å². The molecule has 1 amide bonds. The van der Waals surface area contributed by atoms with Crippen LogP contribution in [0.15, 0.2) is 30.3 Å². The summed E-state index contributed by atoms with van der Waals surface area (Å²) < 4.78 is 5.12. The molecule has 0 fully saturated rings. The molecule has 0 atom stereocenters. The first-order valence-corrected chi connectivity index (χ1v) is 4.12. The third kappa shape index (κ3) is 3.71. The van der Waals surface area contributed by atoms with Crippen LogP contribution in [0.5, 0.6) is 5.75 Å². The van der Waals surface area contributed by atoms with Crippen LogP contribution in [0.25, 0.3) is 0 Å². The Labute approximate surface area is 81.9 Å². The molecule has 0 aliphatic rings. The molecule has 4 nitrogen and oxygen atoms in total. The Kier molecular flexibility index (Phi) is 4.20. The highest BCUT2D eigenvalue weighted by Gasteiger charge is 2.00. The summed E-state index contributed by atoms with van der Waals surface area (Å²) >= 11 is 0. The lowest BCUT2D eigenvalue weighted by Gasteiger charge is -2.04. The molecule has 4 heteroatoms. The molecular formula is C10H10NO3. The maximum Gasteiger partial charge on any atom is 0.258 e. The summed E-state index contributed by atoms with van der Waals surface area (Å²) in [6.45, 7) is -0.192. The SMILES string of the molecule is O=[C]CNC(=O)COc1ccccc1. The molecule has 0 bridgehead atoms. The number of amides is 1. The molecule has 0 saturated carbocycles. The van der Waals surface area contributed by atoms with Gasteiger partial charge in [0.2, 0.25) is 6.29 Å². The van der Waals surface area contributed by atoms with E-state index in [0.717, 1.165) is 0 Å². The number of para-hydroxylation sites is 1. The predicted molar refractivity (Wildman–Crippen MR) is 50.6 cm³/mol. The van der Waals surface area contributed by atoms with E-state index in [1.165, 1.54) is 0 Å². The largest absolute Gasteiger partial charge is 0.484 e. The maximum atomic E-state index is 11.0. The molecule has 0 aliphatic carbocycles. The van der Waals surface area contributed by atoms with E-state index in [1.54, 1.807) is 18.4 Å². The summed E-state index contributed by atoms with van der Waals surface area (Å²) in [4.78, 5) is 20.8. The Bertz CT molecular complexity index is 297. The molecule has 1 aromatic rings. The lowest BCUT2D eigenvalue weighted by atomic mass is 10.3. The lowest BCUT2D eigenvalue weighted by molar-refractivity contribution is -0.122. The maximum absolute atomic E-state index is 11.0. The zero-order valence-electron chi connectivity index (χ0n) is 7.53. The Balaban J connectivity index is 2.27. The van der Waals surface area contributed by atoms with Crippen molar-refractivity contribution in [3.8, 4) is 5.75 Å². The molecular weight excluding hydrogens is 182 g/mol. The van der Waals surface area contributed by atoms with Gasteiger partial charge in [0, 0.05) is 0 Å². The van der Waals surface area contributed by atoms with Crippen molar-refractivity contribution in [2.24, 2.45) is 0 Å². The Morgan fingerprint density at radius 1 is 1.36 bits per heavy atom. The number of rotatable bonds is 5. The smallest absolute Gasteiger partial charge is 0.258 e. The quantitative estimate of drug-likeness (QED) is 0.729. The van der Waals surface area contributed by atoms with Gasteiger partial charge in [0.25, 0.3) is 5.91 Å². The van der Waals surface area contributed by atoms with E-state index in [1.807, 2.05) is 18.2 Å². The van der Waals surface area contributed by atoms with Crippen LogP contribution < -0.4 is 10.1 Å². The van der Waals surface area contributed by atoms with Gasteiger partial charge in [0.1, 0.15) is 5.75 Å². The third-order valence-electron chi connectivity index (χ3n) is 1.47. The first-order chi connectivity index (χ1) is 6.83. The van der Waals surface area contributed by atoms with E-state index in [0.29, 0.717) is 5.75 Å². The second-order valence-corrected chi connectivity index (χ2v) is 2.52. The van der Waals surface area contributed by atoms with Crippen molar-refractivity contribution < 1.29 is 14.3 Å². The van der Waals surface area contributed by atoms with Crippen LogP contribution in [0.2, 0.25) is 0 Å². The zero-order chi connectivity index (χ0) is 10.2. The summed E-state index contributed by atoms with van der Waals surface area (Å²) in [6.07, 6.45) is 1.56. The second kappa shape index (κ2) is 5.75. The van der Waals surface area contributed by atoms with Gasteiger partial charge in [-0.2, -0.15) is 0 Å². The van der Waals surface area contributed by atoms with Crippen LogP contribution in [-0.2, 0) is 9.59 Å². The molecule has 1 radical (unpaired) electrons. The highest BCUT2D eigenvalue weighted by molar-refractivity contribution is 5.79. The summed E-state index contributed by atoms with van der Waals surface area (Å²) in [7, 11) is 0. The summed E-state index contributed by atoms with van der Waals surface area (Å²) in [5.74, 6) is 0.287. The van der Waals surface area contributed by atoms with Gasteiger partial charge in [-0.15, -0.1) is 0 Å². The van der Waals surface area contributed by atoms with Crippen LogP contribution >= 0.6 is 0 Å². The van der Waals surface area contributed by atoms with Crippen molar-refractivity contribution in [3.05, 3.63) is 30.3 Å².